The van der Waals surface area contributed by atoms with Gasteiger partial charge in [0, 0.05) is 24.0 Å². The molecule has 6 nitrogen and oxygen atoms in total. The van der Waals surface area contributed by atoms with E-state index in [0.717, 1.165) is 19.2 Å². The molecule has 1 aromatic heterocycles. The van der Waals surface area contributed by atoms with Gasteiger partial charge in [0.1, 0.15) is 17.3 Å². The normalized spacial score (nSPS) is 13.4. The molecule has 2 aromatic carbocycles. The number of nitrogens with one attached hydrogen (secondary N) is 3. The average molecular weight is 448 g/mol. The summed E-state index contributed by atoms with van der Waals surface area (Å²) >= 11 is 5.67. The molecule has 0 fully saturated rings. The Balaban J connectivity index is 1.44. The van der Waals surface area contributed by atoms with E-state index in [2.05, 4.69) is 25.9 Å². The third-order valence-corrected chi connectivity index (χ3v) is 4.62. The maximum atomic E-state index is 13.1. The molecule has 0 atom stereocenters. The molecule has 1 aliphatic rings. The van der Waals surface area contributed by atoms with Crippen molar-refractivity contribution < 1.29 is 17.9 Å². The zero-order valence-corrected chi connectivity index (χ0v) is 16.8. The van der Waals surface area contributed by atoms with Crippen molar-refractivity contribution in [2.45, 2.75) is 6.18 Å². The van der Waals surface area contributed by atoms with Crippen molar-refractivity contribution in [3.63, 3.8) is 0 Å². The van der Waals surface area contributed by atoms with Crippen molar-refractivity contribution >= 4 is 34.8 Å². The summed E-state index contributed by atoms with van der Waals surface area (Å²) in [6.07, 6.45) is -2.97. The Labute approximate surface area is 181 Å². The molecule has 0 bridgehead atoms. The molecule has 0 amide bonds. The first kappa shape index (κ1) is 20.8. The van der Waals surface area contributed by atoms with Crippen LogP contribution < -0.4 is 20.7 Å². The van der Waals surface area contributed by atoms with Crippen molar-refractivity contribution in [1.82, 2.24) is 10.3 Å². The second kappa shape index (κ2) is 8.73. The van der Waals surface area contributed by atoms with Gasteiger partial charge in [0.15, 0.2) is 5.96 Å². The number of benzene rings is 2. The van der Waals surface area contributed by atoms with Gasteiger partial charge in [-0.25, -0.2) is 4.98 Å². The van der Waals surface area contributed by atoms with Crippen molar-refractivity contribution in [3.8, 4) is 11.5 Å². The molecule has 160 valence electrons. The molecule has 0 unspecified atom stereocenters. The van der Waals surface area contributed by atoms with E-state index in [0.29, 0.717) is 29.0 Å². The number of ether oxygens (including phenoxy) is 1. The van der Waals surface area contributed by atoms with E-state index >= 15 is 0 Å². The second-order valence-electron chi connectivity index (χ2n) is 6.61. The summed E-state index contributed by atoms with van der Waals surface area (Å²) < 4.78 is 45.0. The van der Waals surface area contributed by atoms with E-state index in [1.165, 1.54) is 12.1 Å². The lowest BCUT2D eigenvalue weighted by atomic mass is 10.2. The van der Waals surface area contributed by atoms with Gasteiger partial charge >= 0.3 is 6.18 Å². The van der Waals surface area contributed by atoms with E-state index in [1.54, 1.807) is 42.6 Å². The summed E-state index contributed by atoms with van der Waals surface area (Å²) in [5, 5.41) is 8.74. The van der Waals surface area contributed by atoms with Gasteiger partial charge < -0.3 is 20.7 Å². The fourth-order valence-corrected chi connectivity index (χ4v) is 3.10. The molecule has 3 N–H and O–H groups in total. The predicted molar refractivity (Wildman–Crippen MR) is 114 cm³/mol. The van der Waals surface area contributed by atoms with Gasteiger partial charge in [-0.15, -0.1) is 0 Å². The Hall–Kier alpha value is -3.46. The highest BCUT2D eigenvalue weighted by atomic mass is 35.5. The maximum Gasteiger partial charge on any atom is 0.417 e. The van der Waals surface area contributed by atoms with Crippen molar-refractivity contribution in [1.29, 1.82) is 0 Å². The molecule has 0 spiro atoms. The number of halogens is 4. The minimum atomic E-state index is -4.53. The average Bonchev–Trinajstić information content (AvgIpc) is 3.23. The van der Waals surface area contributed by atoms with Crippen LogP contribution in [0.25, 0.3) is 0 Å². The fourth-order valence-electron chi connectivity index (χ4n) is 2.88. The Bertz CT molecular complexity index is 1100. The molecule has 10 heteroatoms. The van der Waals surface area contributed by atoms with Gasteiger partial charge in [-0.05, 0) is 42.5 Å². The van der Waals surface area contributed by atoms with Crippen LogP contribution in [0, 0.1) is 0 Å². The van der Waals surface area contributed by atoms with Crippen LogP contribution in [0.2, 0.25) is 5.02 Å². The number of anilines is 3. The number of guanidine groups is 1. The van der Waals surface area contributed by atoms with Crippen LogP contribution in [0.4, 0.5) is 30.4 Å². The summed E-state index contributed by atoms with van der Waals surface area (Å²) in [7, 11) is 0. The highest BCUT2D eigenvalue weighted by Crippen LogP contribution is 2.37. The summed E-state index contributed by atoms with van der Waals surface area (Å²) in [5.41, 5.74) is -0.0796. The fraction of sp³-hybridized carbons (Fsp3) is 0.143. The first-order valence-electron chi connectivity index (χ1n) is 9.30. The zero-order valence-electron chi connectivity index (χ0n) is 16.0. The number of nitrogens with zero attached hydrogens (tertiary/aromatic N) is 2. The third-order valence-electron chi connectivity index (χ3n) is 4.29. The molecule has 3 aromatic rings. The minimum absolute atomic E-state index is 0.259. The minimum Gasteiger partial charge on any atom is -0.456 e. The van der Waals surface area contributed by atoms with Gasteiger partial charge in [-0.3, -0.25) is 4.99 Å². The lowest BCUT2D eigenvalue weighted by Crippen LogP contribution is -2.26. The van der Waals surface area contributed by atoms with Crippen LogP contribution >= 0.6 is 11.6 Å². The van der Waals surface area contributed by atoms with Crippen LogP contribution in [0.3, 0.4) is 0 Å². The second-order valence-corrected chi connectivity index (χ2v) is 7.02. The van der Waals surface area contributed by atoms with Gasteiger partial charge in [0.05, 0.1) is 23.3 Å². The van der Waals surface area contributed by atoms with Gasteiger partial charge in [-0.1, -0.05) is 17.7 Å². The van der Waals surface area contributed by atoms with Crippen molar-refractivity contribution in [2.24, 2.45) is 4.99 Å². The summed E-state index contributed by atoms with van der Waals surface area (Å²) in [6, 6.07) is 14.0. The van der Waals surface area contributed by atoms with Gasteiger partial charge in [-0.2, -0.15) is 13.2 Å². The Morgan fingerprint density at radius 2 is 1.81 bits per heavy atom. The predicted octanol–water partition coefficient (Wildman–Crippen LogP) is 5.66. The smallest absolute Gasteiger partial charge is 0.417 e. The lowest BCUT2D eigenvalue weighted by molar-refractivity contribution is -0.137. The van der Waals surface area contributed by atoms with Gasteiger partial charge in [0.25, 0.3) is 0 Å². The van der Waals surface area contributed by atoms with E-state index in [-0.39, 0.29) is 10.7 Å². The number of aliphatic imine (C=N–C) groups is 1. The highest BCUT2D eigenvalue weighted by Gasteiger charge is 2.33. The van der Waals surface area contributed by atoms with Gasteiger partial charge in [0.2, 0.25) is 0 Å². The number of pyridine rings is 1. The Morgan fingerprint density at radius 3 is 2.52 bits per heavy atom. The first-order chi connectivity index (χ1) is 14.9. The Kier molecular flexibility index (Phi) is 5.85. The zero-order chi connectivity index (χ0) is 21.8. The monoisotopic (exact) mass is 447 g/mol. The molecule has 0 saturated carbocycles. The van der Waals surface area contributed by atoms with Crippen LogP contribution in [-0.4, -0.2) is 24.0 Å². The number of hydrogen-bond acceptors (Lipinski definition) is 6. The van der Waals surface area contributed by atoms with E-state index in [4.69, 9.17) is 16.3 Å². The molecular formula is C21H17ClF3N5O. The van der Waals surface area contributed by atoms with E-state index in [9.17, 15) is 13.2 Å². The number of alkyl halides is 3. The molecule has 2 heterocycles. The summed E-state index contributed by atoms with van der Waals surface area (Å²) in [4.78, 5) is 8.51. The molecular weight excluding hydrogens is 431 g/mol. The molecule has 31 heavy (non-hydrogen) atoms. The van der Waals surface area contributed by atoms with Crippen LogP contribution in [0.15, 0.2) is 65.8 Å². The number of rotatable bonds is 5. The SMILES string of the molecule is FC(F)(F)c1cc(Nc2cccc(Oc3ccc(NC4=NCCN4)nc3)c2)ccc1Cl. The topological polar surface area (TPSA) is 70.6 Å². The molecule has 0 radical (unpaired) electrons. The lowest BCUT2D eigenvalue weighted by Gasteiger charge is -2.13. The summed E-state index contributed by atoms with van der Waals surface area (Å²) in [5.74, 6) is 2.31. The van der Waals surface area contributed by atoms with E-state index < -0.39 is 11.7 Å². The van der Waals surface area contributed by atoms with Crippen molar-refractivity contribution in [2.75, 3.05) is 23.7 Å². The van der Waals surface area contributed by atoms with Crippen LogP contribution in [0.1, 0.15) is 5.56 Å². The molecule has 0 saturated heterocycles. The highest BCUT2D eigenvalue weighted by molar-refractivity contribution is 6.31. The van der Waals surface area contributed by atoms with Crippen LogP contribution in [-0.2, 0) is 6.18 Å². The molecule has 0 aliphatic carbocycles. The van der Waals surface area contributed by atoms with Crippen molar-refractivity contribution in [3.05, 3.63) is 71.4 Å². The maximum absolute atomic E-state index is 13.1. The quantitative estimate of drug-likeness (QED) is 0.470. The van der Waals surface area contributed by atoms with E-state index in [1.807, 2.05) is 0 Å². The largest absolute Gasteiger partial charge is 0.456 e. The number of aromatic nitrogens is 1. The number of hydrogen-bond donors (Lipinski definition) is 3. The Morgan fingerprint density at radius 1 is 0.968 bits per heavy atom. The molecule has 1 aliphatic heterocycles. The first-order valence-corrected chi connectivity index (χ1v) is 9.68. The third kappa shape index (κ3) is 5.37. The van der Waals surface area contributed by atoms with Crippen LogP contribution in [0.5, 0.6) is 11.5 Å². The standard InChI is InChI=1S/C21H17ClF3N5O/c22-18-6-4-14(11-17(18)21(23,24)25)29-13-2-1-3-15(10-13)31-16-5-7-19(28-12-16)30-20-26-8-9-27-20/h1-7,10-12,29H,8-9H2,(H2,26,27,28,30). The molecule has 4 rings (SSSR count). The summed E-state index contributed by atoms with van der Waals surface area (Å²) in [6.45, 7) is 1.52.